The quantitative estimate of drug-likeness (QED) is 0.920. The molecule has 0 aliphatic heterocycles. The molecule has 1 aromatic carbocycles. The zero-order chi connectivity index (χ0) is 12.8. The van der Waals surface area contributed by atoms with E-state index in [0.29, 0.717) is 0 Å². The minimum absolute atomic E-state index is 0.421. The van der Waals surface area contributed by atoms with Gasteiger partial charge in [0.15, 0.2) is 9.84 Å². The van der Waals surface area contributed by atoms with Crippen molar-refractivity contribution in [1.29, 1.82) is 0 Å². The molecule has 1 aromatic rings. The van der Waals surface area contributed by atoms with Crippen LogP contribution in [0.15, 0.2) is 28.7 Å². The molecule has 0 amide bonds. The molecule has 0 radical (unpaired) electrons. The number of carboxylic acid groups (broad SMARTS) is 1. The monoisotopic (exact) mass is 318 g/mol. The first kappa shape index (κ1) is 12.6. The number of rotatable bonds is 3. The van der Waals surface area contributed by atoms with Crippen LogP contribution >= 0.6 is 15.9 Å². The van der Waals surface area contributed by atoms with Crippen molar-refractivity contribution in [3.05, 3.63) is 34.3 Å². The van der Waals surface area contributed by atoms with Crippen LogP contribution in [-0.2, 0) is 14.6 Å². The van der Waals surface area contributed by atoms with Crippen molar-refractivity contribution in [1.82, 2.24) is 0 Å². The molecule has 0 aromatic heterocycles. The number of aliphatic carboxylic acids is 1. The molecule has 0 saturated heterocycles. The van der Waals surface area contributed by atoms with Crippen LogP contribution in [0.1, 0.15) is 11.5 Å². The third-order valence-corrected chi connectivity index (χ3v) is 5.09. The minimum Gasteiger partial charge on any atom is -0.481 e. The Morgan fingerprint density at radius 2 is 1.82 bits per heavy atom. The number of hydrogen-bond donors (Lipinski definition) is 1. The van der Waals surface area contributed by atoms with Gasteiger partial charge in [0.05, 0.1) is 11.2 Å². The molecule has 4 nitrogen and oxygen atoms in total. The molecular weight excluding hydrogens is 308 g/mol. The molecule has 0 unspecified atom stereocenters. The van der Waals surface area contributed by atoms with E-state index in [-0.39, 0.29) is 0 Å². The SMILES string of the molecule is CS(=O)(=O)[C@@H]1[C@H](C(=O)O)[C@H]1c1ccc(Br)cc1. The number of halogens is 1. The molecule has 17 heavy (non-hydrogen) atoms. The highest BCUT2D eigenvalue weighted by Gasteiger charge is 2.61. The van der Waals surface area contributed by atoms with Crippen molar-refractivity contribution in [2.24, 2.45) is 5.92 Å². The van der Waals surface area contributed by atoms with Crippen LogP contribution in [0.3, 0.4) is 0 Å². The van der Waals surface area contributed by atoms with E-state index in [2.05, 4.69) is 15.9 Å². The summed E-state index contributed by atoms with van der Waals surface area (Å²) in [5, 5.41) is 8.21. The lowest BCUT2D eigenvalue weighted by molar-refractivity contribution is -0.138. The van der Waals surface area contributed by atoms with Crippen molar-refractivity contribution >= 4 is 31.7 Å². The predicted molar refractivity (Wildman–Crippen MR) is 66.6 cm³/mol. The van der Waals surface area contributed by atoms with E-state index in [9.17, 15) is 13.2 Å². The van der Waals surface area contributed by atoms with Gasteiger partial charge in [-0.1, -0.05) is 28.1 Å². The van der Waals surface area contributed by atoms with Crippen LogP contribution in [0.25, 0.3) is 0 Å². The van der Waals surface area contributed by atoms with Crippen LogP contribution in [0.2, 0.25) is 0 Å². The fourth-order valence-electron chi connectivity index (χ4n) is 2.19. The maximum Gasteiger partial charge on any atom is 0.308 e. The molecule has 92 valence electrons. The van der Waals surface area contributed by atoms with E-state index in [1.54, 1.807) is 24.3 Å². The second-order valence-electron chi connectivity index (χ2n) is 4.24. The molecular formula is C11H11BrO4S. The zero-order valence-electron chi connectivity index (χ0n) is 9.00. The highest BCUT2D eigenvalue weighted by Crippen LogP contribution is 2.52. The average Bonchev–Trinajstić information content (AvgIpc) is 2.93. The van der Waals surface area contributed by atoms with E-state index >= 15 is 0 Å². The van der Waals surface area contributed by atoms with Crippen molar-refractivity contribution in [3.8, 4) is 0 Å². The second kappa shape index (κ2) is 4.10. The van der Waals surface area contributed by atoms with Gasteiger partial charge in [-0.2, -0.15) is 0 Å². The van der Waals surface area contributed by atoms with E-state index in [1.165, 1.54) is 0 Å². The van der Waals surface area contributed by atoms with E-state index in [1.807, 2.05) is 0 Å². The third-order valence-electron chi connectivity index (χ3n) is 2.99. The predicted octanol–water partition coefficient (Wildman–Crippen LogP) is 1.66. The van der Waals surface area contributed by atoms with Gasteiger partial charge in [0.1, 0.15) is 0 Å². The van der Waals surface area contributed by atoms with E-state index in [0.717, 1.165) is 16.3 Å². The highest BCUT2D eigenvalue weighted by atomic mass is 79.9. The summed E-state index contributed by atoms with van der Waals surface area (Å²) in [7, 11) is -3.32. The molecule has 1 N–H and O–H groups in total. The second-order valence-corrected chi connectivity index (χ2v) is 7.35. The average molecular weight is 319 g/mol. The summed E-state index contributed by atoms with van der Waals surface area (Å²) in [6, 6.07) is 7.09. The van der Waals surface area contributed by atoms with Crippen molar-refractivity contribution in [2.45, 2.75) is 11.2 Å². The number of benzene rings is 1. The van der Waals surface area contributed by atoms with Gasteiger partial charge < -0.3 is 5.11 Å². The molecule has 1 aliphatic carbocycles. The van der Waals surface area contributed by atoms with E-state index in [4.69, 9.17) is 5.11 Å². The Morgan fingerprint density at radius 3 is 2.18 bits per heavy atom. The van der Waals surface area contributed by atoms with Gasteiger partial charge in [0.2, 0.25) is 0 Å². The highest BCUT2D eigenvalue weighted by molar-refractivity contribution is 9.10. The minimum atomic E-state index is -3.32. The van der Waals surface area contributed by atoms with Crippen molar-refractivity contribution < 1.29 is 18.3 Å². The number of carboxylic acids is 1. The number of hydrogen-bond acceptors (Lipinski definition) is 3. The van der Waals surface area contributed by atoms with Crippen LogP contribution in [-0.4, -0.2) is 31.0 Å². The standard InChI is InChI=1S/C11H11BrO4S/c1-17(15,16)10-8(9(10)11(13)14)6-2-4-7(12)5-3-6/h2-5,8-10H,1H3,(H,13,14)/t8-,9-,10+/m1/s1. The maximum atomic E-state index is 11.5. The van der Waals surface area contributed by atoms with Gasteiger partial charge in [-0.3, -0.25) is 4.79 Å². The molecule has 0 heterocycles. The van der Waals surface area contributed by atoms with Gasteiger partial charge in [-0.25, -0.2) is 8.42 Å². The number of sulfone groups is 1. The van der Waals surface area contributed by atoms with Crippen LogP contribution in [0.4, 0.5) is 0 Å². The molecule has 1 fully saturated rings. The lowest BCUT2D eigenvalue weighted by Crippen LogP contribution is -2.10. The van der Waals surface area contributed by atoms with Crippen molar-refractivity contribution in [3.63, 3.8) is 0 Å². The summed E-state index contributed by atoms with van der Waals surface area (Å²) >= 11 is 3.28. The van der Waals surface area contributed by atoms with Gasteiger partial charge in [0.25, 0.3) is 0 Å². The zero-order valence-corrected chi connectivity index (χ0v) is 11.4. The first-order valence-corrected chi connectivity index (χ1v) is 7.74. The summed E-state index contributed by atoms with van der Waals surface area (Å²) in [5.41, 5.74) is 0.760. The Balaban J connectivity index is 2.34. The Hall–Kier alpha value is -0.880. The van der Waals surface area contributed by atoms with Crippen LogP contribution < -0.4 is 0 Å². The van der Waals surface area contributed by atoms with Crippen molar-refractivity contribution in [2.75, 3.05) is 6.26 Å². The maximum absolute atomic E-state index is 11.5. The molecule has 1 aliphatic rings. The molecule has 0 spiro atoms. The first-order chi connectivity index (χ1) is 7.82. The molecule has 6 heteroatoms. The molecule has 1 saturated carbocycles. The topological polar surface area (TPSA) is 71.4 Å². The summed E-state index contributed by atoms with van der Waals surface area (Å²) < 4.78 is 23.9. The van der Waals surface area contributed by atoms with Gasteiger partial charge in [-0.05, 0) is 17.7 Å². The fourth-order valence-corrected chi connectivity index (χ4v) is 4.04. The Bertz CT molecular complexity index is 549. The Morgan fingerprint density at radius 1 is 1.29 bits per heavy atom. The number of carbonyl (C=O) groups is 1. The van der Waals surface area contributed by atoms with Gasteiger partial charge >= 0.3 is 5.97 Å². The van der Waals surface area contributed by atoms with Gasteiger partial charge in [0, 0.05) is 16.6 Å². The summed E-state index contributed by atoms with van der Waals surface area (Å²) in [5.74, 6) is -2.28. The van der Waals surface area contributed by atoms with Crippen LogP contribution in [0, 0.1) is 5.92 Å². The fraction of sp³-hybridized carbons (Fsp3) is 0.364. The summed E-state index contributed by atoms with van der Waals surface area (Å²) in [4.78, 5) is 11.0. The van der Waals surface area contributed by atoms with Crippen LogP contribution in [0.5, 0.6) is 0 Å². The third kappa shape index (κ3) is 2.37. The summed E-state index contributed by atoms with van der Waals surface area (Å²) in [6.07, 6.45) is 1.09. The summed E-state index contributed by atoms with van der Waals surface area (Å²) in [6.45, 7) is 0. The molecule has 2 rings (SSSR count). The van der Waals surface area contributed by atoms with E-state index < -0.39 is 32.9 Å². The Kier molecular flexibility index (Phi) is 3.03. The lowest BCUT2D eigenvalue weighted by atomic mass is 10.1. The lowest BCUT2D eigenvalue weighted by Gasteiger charge is -1.99. The molecule has 0 bridgehead atoms. The normalized spacial score (nSPS) is 27.8. The smallest absolute Gasteiger partial charge is 0.308 e. The molecule has 3 atom stereocenters. The largest absolute Gasteiger partial charge is 0.481 e. The Labute approximate surface area is 108 Å². The van der Waals surface area contributed by atoms with Gasteiger partial charge in [-0.15, -0.1) is 0 Å². The first-order valence-electron chi connectivity index (χ1n) is 4.99.